The zero-order valence-corrected chi connectivity index (χ0v) is 12.6. The summed E-state index contributed by atoms with van der Waals surface area (Å²) in [5.74, 6) is 0. The standard InChI is InChI=1S/C11H8Cl2INS/c12-9-5-8(11(13)16-9)10(15)6-2-1-3-7(14)4-6/h1-5,10H,15H2. The summed E-state index contributed by atoms with van der Waals surface area (Å²) < 4.78 is 2.49. The maximum atomic E-state index is 6.16. The number of hydrogen-bond acceptors (Lipinski definition) is 2. The number of nitrogens with two attached hydrogens (primary N) is 1. The van der Waals surface area contributed by atoms with Gasteiger partial charge in [0, 0.05) is 9.13 Å². The molecule has 1 aromatic carbocycles. The molecule has 1 atom stereocenters. The molecule has 2 aromatic rings. The van der Waals surface area contributed by atoms with Gasteiger partial charge in [0.15, 0.2) is 0 Å². The van der Waals surface area contributed by atoms with Gasteiger partial charge in [-0.05, 0) is 46.4 Å². The van der Waals surface area contributed by atoms with Gasteiger partial charge in [-0.2, -0.15) is 0 Å². The molecule has 1 nitrogen and oxygen atoms in total. The summed E-state index contributed by atoms with van der Waals surface area (Å²) in [5.41, 5.74) is 8.09. The van der Waals surface area contributed by atoms with Gasteiger partial charge in [0.05, 0.1) is 14.7 Å². The van der Waals surface area contributed by atoms with E-state index in [1.807, 2.05) is 30.3 Å². The van der Waals surface area contributed by atoms with Crippen molar-refractivity contribution in [3.8, 4) is 0 Å². The Hall–Kier alpha value is 0.190. The zero-order valence-electron chi connectivity index (χ0n) is 8.08. The van der Waals surface area contributed by atoms with Gasteiger partial charge in [-0.3, -0.25) is 0 Å². The fourth-order valence-corrected chi connectivity index (χ4v) is 3.56. The van der Waals surface area contributed by atoms with E-state index < -0.39 is 0 Å². The molecule has 1 aromatic heterocycles. The lowest BCUT2D eigenvalue weighted by atomic mass is 10.0. The molecule has 2 rings (SSSR count). The predicted octanol–water partition coefficient (Wildman–Crippen LogP) is 4.71. The molecule has 16 heavy (non-hydrogen) atoms. The van der Waals surface area contributed by atoms with Crippen LogP contribution in [0.3, 0.4) is 0 Å². The lowest BCUT2D eigenvalue weighted by molar-refractivity contribution is 0.876. The summed E-state index contributed by atoms with van der Waals surface area (Å²) in [6.45, 7) is 0. The van der Waals surface area contributed by atoms with Crippen LogP contribution in [0.1, 0.15) is 17.2 Å². The summed E-state index contributed by atoms with van der Waals surface area (Å²) in [5, 5.41) is 0. The van der Waals surface area contributed by atoms with Crippen LogP contribution in [0.4, 0.5) is 0 Å². The first-order valence-electron chi connectivity index (χ1n) is 4.53. The van der Waals surface area contributed by atoms with Crippen LogP contribution >= 0.6 is 57.1 Å². The van der Waals surface area contributed by atoms with Crippen LogP contribution in [-0.2, 0) is 0 Å². The number of halogens is 3. The first-order chi connectivity index (χ1) is 7.58. The highest BCUT2D eigenvalue weighted by atomic mass is 127. The van der Waals surface area contributed by atoms with E-state index in [-0.39, 0.29) is 6.04 Å². The SMILES string of the molecule is NC(c1cccc(I)c1)c1cc(Cl)sc1Cl. The molecule has 0 radical (unpaired) electrons. The average molecular weight is 384 g/mol. The molecular weight excluding hydrogens is 376 g/mol. The Bertz CT molecular complexity index is 512. The molecule has 1 unspecified atom stereocenters. The Morgan fingerprint density at radius 1 is 1.25 bits per heavy atom. The second kappa shape index (κ2) is 5.23. The van der Waals surface area contributed by atoms with Crippen molar-refractivity contribution in [1.82, 2.24) is 0 Å². The summed E-state index contributed by atoms with van der Waals surface area (Å²) >= 11 is 15.6. The molecule has 0 aliphatic carbocycles. The fraction of sp³-hybridized carbons (Fsp3) is 0.0909. The number of benzene rings is 1. The molecule has 0 aliphatic rings. The van der Waals surface area contributed by atoms with E-state index in [1.165, 1.54) is 11.3 Å². The van der Waals surface area contributed by atoms with E-state index in [2.05, 4.69) is 22.6 Å². The van der Waals surface area contributed by atoms with Crippen molar-refractivity contribution in [2.24, 2.45) is 5.73 Å². The zero-order chi connectivity index (χ0) is 11.7. The lowest BCUT2D eigenvalue weighted by Gasteiger charge is -2.11. The van der Waals surface area contributed by atoms with E-state index in [4.69, 9.17) is 28.9 Å². The highest BCUT2D eigenvalue weighted by molar-refractivity contribution is 14.1. The Morgan fingerprint density at radius 2 is 2.00 bits per heavy atom. The Morgan fingerprint density at radius 3 is 2.56 bits per heavy atom. The van der Waals surface area contributed by atoms with Gasteiger partial charge in [0.1, 0.15) is 0 Å². The second-order valence-electron chi connectivity index (χ2n) is 3.31. The molecule has 0 amide bonds. The number of thiophene rings is 1. The first-order valence-corrected chi connectivity index (χ1v) is 7.19. The quantitative estimate of drug-likeness (QED) is 0.747. The smallest absolute Gasteiger partial charge is 0.0995 e. The van der Waals surface area contributed by atoms with Crippen molar-refractivity contribution in [3.63, 3.8) is 0 Å². The molecule has 0 spiro atoms. The molecule has 0 bridgehead atoms. The van der Waals surface area contributed by atoms with Crippen LogP contribution in [0.2, 0.25) is 8.67 Å². The minimum absolute atomic E-state index is 0.217. The van der Waals surface area contributed by atoms with Gasteiger partial charge in [-0.1, -0.05) is 35.3 Å². The minimum Gasteiger partial charge on any atom is -0.320 e. The van der Waals surface area contributed by atoms with Crippen molar-refractivity contribution in [2.75, 3.05) is 0 Å². The summed E-state index contributed by atoms with van der Waals surface area (Å²) in [4.78, 5) is 0. The van der Waals surface area contributed by atoms with Gasteiger partial charge in [0.2, 0.25) is 0 Å². The number of rotatable bonds is 2. The maximum Gasteiger partial charge on any atom is 0.0995 e. The van der Waals surface area contributed by atoms with Crippen LogP contribution < -0.4 is 5.73 Å². The minimum atomic E-state index is -0.217. The van der Waals surface area contributed by atoms with Crippen molar-refractivity contribution in [1.29, 1.82) is 0 Å². The summed E-state index contributed by atoms with van der Waals surface area (Å²) in [7, 11) is 0. The van der Waals surface area contributed by atoms with Gasteiger partial charge in [-0.25, -0.2) is 0 Å². The van der Waals surface area contributed by atoms with Gasteiger partial charge < -0.3 is 5.73 Å². The van der Waals surface area contributed by atoms with Crippen molar-refractivity contribution >= 4 is 57.1 Å². The monoisotopic (exact) mass is 383 g/mol. The molecule has 0 saturated carbocycles. The van der Waals surface area contributed by atoms with Crippen LogP contribution in [0.25, 0.3) is 0 Å². The van der Waals surface area contributed by atoms with Crippen LogP contribution in [0.15, 0.2) is 30.3 Å². The van der Waals surface area contributed by atoms with Gasteiger partial charge in [-0.15, -0.1) is 11.3 Å². The molecular formula is C11H8Cl2INS. The summed E-state index contributed by atoms with van der Waals surface area (Å²) in [6.07, 6.45) is 0. The first kappa shape index (κ1) is 12.6. The Balaban J connectivity index is 2.38. The van der Waals surface area contributed by atoms with E-state index in [1.54, 1.807) is 0 Å². The van der Waals surface area contributed by atoms with Crippen LogP contribution in [-0.4, -0.2) is 0 Å². The van der Waals surface area contributed by atoms with Crippen LogP contribution in [0, 0.1) is 3.57 Å². The third-order valence-corrected chi connectivity index (χ3v) is 4.41. The van der Waals surface area contributed by atoms with Crippen molar-refractivity contribution in [3.05, 3.63) is 53.7 Å². The summed E-state index contributed by atoms with van der Waals surface area (Å²) in [6, 6.07) is 9.67. The highest BCUT2D eigenvalue weighted by Crippen LogP contribution is 2.36. The van der Waals surface area contributed by atoms with Gasteiger partial charge >= 0.3 is 0 Å². The lowest BCUT2D eigenvalue weighted by Crippen LogP contribution is -2.11. The van der Waals surface area contributed by atoms with Crippen LogP contribution in [0.5, 0.6) is 0 Å². The van der Waals surface area contributed by atoms with E-state index in [0.717, 1.165) is 14.7 Å². The molecule has 1 heterocycles. The molecule has 5 heteroatoms. The van der Waals surface area contributed by atoms with E-state index in [0.29, 0.717) is 8.67 Å². The predicted molar refractivity (Wildman–Crippen MR) is 79.5 cm³/mol. The van der Waals surface area contributed by atoms with E-state index >= 15 is 0 Å². The third kappa shape index (κ3) is 2.71. The highest BCUT2D eigenvalue weighted by Gasteiger charge is 2.15. The second-order valence-corrected chi connectivity index (χ2v) is 6.84. The molecule has 84 valence electrons. The topological polar surface area (TPSA) is 26.0 Å². The molecule has 2 N–H and O–H groups in total. The third-order valence-electron chi connectivity index (χ3n) is 2.23. The Kier molecular flexibility index (Phi) is 4.13. The molecule has 0 aliphatic heterocycles. The largest absolute Gasteiger partial charge is 0.320 e. The Labute approximate surface area is 122 Å². The van der Waals surface area contributed by atoms with Crippen molar-refractivity contribution < 1.29 is 0 Å². The van der Waals surface area contributed by atoms with Crippen molar-refractivity contribution in [2.45, 2.75) is 6.04 Å². The normalized spacial score (nSPS) is 12.8. The molecule has 0 saturated heterocycles. The maximum absolute atomic E-state index is 6.16. The fourth-order valence-electron chi connectivity index (χ4n) is 1.44. The van der Waals surface area contributed by atoms with Gasteiger partial charge in [0.25, 0.3) is 0 Å². The average Bonchev–Trinajstić information content (AvgIpc) is 2.57. The van der Waals surface area contributed by atoms with E-state index in [9.17, 15) is 0 Å². The number of hydrogen-bond donors (Lipinski definition) is 1. The molecule has 0 fully saturated rings.